The first kappa shape index (κ1) is 16.8. The molecule has 1 N–H and O–H groups in total. The molecule has 118 valence electrons. The average molecular weight is 319 g/mol. The Balaban J connectivity index is 2.51. The van der Waals surface area contributed by atoms with Gasteiger partial charge in [0, 0.05) is 16.9 Å². The molecule has 0 aliphatic heterocycles. The molecule has 1 aromatic heterocycles. The molecule has 3 nitrogen and oxygen atoms in total. The number of aryl methyl sites for hydroxylation is 1. The summed E-state index contributed by atoms with van der Waals surface area (Å²) in [5.41, 5.74) is 1.66. The van der Waals surface area contributed by atoms with Crippen LogP contribution in [0.5, 0.6) is 0 Å². The van der Waals surface area contributed by atoms with Crippen LogP contribution in [-0.2, 0) is 0 Å². The van der Waals surface area contributed by atoms with E-state index < -0.39 is 6.10 Å². The molecule has 2 aromatic rings. The van der Waals surface area contributed by atoms with Crippen LogP contribution >= 0.6 is 11.6 Å². The number of rotatable bonds is 6. The van der Waals surface area contributed by atoms with Crippen molar-refractivity contribution in [2.75, 3.05) is 0 Å². The lowest BCUT2D eigenvalue weighted by Crippen LogP contribution is -2.38. The van der Waals surface area contributed by atoms with Crippen LogP contribution in [0.3, 0.4) is 0 Å². The molecule has 0 spiro atoms. The second-order valence-electron chi connectivity index (χ2n) is 6.37. The van der Waals surface area contributed by atoms with Gasteiger partial charge in [-0.2, -0.15) is 0 Å². The fraction of sp³-hybridized carbons (Fsp3) is 0.389. The molecule has 4 heteroatoms. The zero-order valence-corrected chi connectivity index (χ0v) is 14.1. The summed E-state index contributed by atoms with van der Waals surface area (Å²) in [6, 6.07) is 7.40. The van der Waals surface area contributed by atoms with Crippen molar-refractivity contribution >= 4 is 11.6 Å². The van der Waals surface area contributed by atoms with Gasteiger partial charge in [-0.25, -0.2) is 4.98 Å². The molecular weight excluding hydrogens is 296 g/mol. The fourth-order valence-corrected chi connectivity index (χ4v) is 2.97. The van der Waals surface area contributed by atoms with Crippen molar-refractivity contribution in [2.24, 2.45) is 5.41 Å². The number of aromatic nitrogens is 2. The number of aliphatic hydroxyl groups excluding tert-OH is 1. The van der Waals surface area contributed by atoms with Gasteiger partial charge in [-0.1, -0.05) is 43.7 Å². The molecule has 0 aliphatic rings. The van der Waals surface area contributed by atoms with Gasteiger partial charge < -0.3 is 9.67 Å². The number of nitrogens with zero attached hydrogens (tertiary/aromatic N) is 2. The van der Waals surface area contributed by atoms with Crippen LogP contribution < -0.4 is 0 Å². The molecule has 0 bridgehead atoms. The molecule has 2 rings (SSSR count). The van der Waals surface area contributed by atoms with Crippen molar-refractivity contribution in [1.29, 1.82) is 0 Å². The first-order chi connectivity index (χ1) is 10.4. The van der Waals surface area contributed by atoms with Gasteiger partial charge in [0.25, 0.3) is 0 Å². The van der Waals surface area contributed by atoms with Gasteiger partial charge in [0.1, 0.15) is 0 Å². The Morgan fingerprint density at radius 3 is 2.73 bits per heavy atom. The number of hydrogen-bond acceptors (Lipinski definition) is 2. The monoisotopic (exact) mass is 318 g/mol. The van der Waals surface area contributed by atoms with E-state index in [0.29, 0.717) is 5.02 Å². The van der Waals surface area contributed by atoms with E-state index in [1.165, 1.54) is 0 Å². The summed E-state index contributed by atoms with van der Waals surface area (Å²) in [7, 11) is 0. The van der Waals surface area contributed by atoms with Crippen molar-refractivity contribution in [3.63, 3.8) is 0 Å². The molecule has 0 radical (unpaired) electrons. The number of allylic oxidation sites excluding steroid dienone is 1. The third-order valence-electron chi connectivity index (χ3n) is 4.12. The number of benzene rings is 1. The van der Waals surface area contributed by atoms with Gasteiger partial charge >= 0.3 is 0 Å². The van der Waals surface area contributed by atoms with Crippen molar-refractivity contribution in [1.82, 2.24) is 9.55 Å². The Labute approximate surface area is 137 Å². The zero-order valence-electron chi connectivity index (χ0n) is 13.3. The lowest BCUT2D eigenvalue weighted by atomic mass is 9.77. The Kier molecular flexibility index (Phi) is 5.09. The smallest absolute Gasteiger partial charge is 0.0954 e. The Bertz CT molecular complexity index is 648. The largest absolute Gasteiger partial charge is 0.390 e. The molecule has 0 saturated carbocycles. The molecular formula is C18H23ClN2O. The van der Waals surface area contributed by atoms with E-state index in [0.717, 1.165) is 17.7 Å². The summed E-state index contributed by atoms with van der Waals surface area (Å²) in [6.45, 7) is 9.88. The molecule has 1 heterocycles. The summed E-state index contributed by atoms with van der Waals surface area (Å²) in [5, 5.41) is 11.7. The van der Waals surface area contributed by atoms with Crippen LogP contribution in [0.25, 0.3) is 0 Å². The number of imidazole rings is 1. The molecule has 0 aliphatic carbocycles. The summed E-state index contributed by atoms with van der Waals surface area (Å²) in [6.07, 6.45) is 5.52. The molecule has 2 unspecified atom stereocenters. The molecule has 0 amide bonds. The van der Waals surface area contributed by atoms with Gasteiger partial charge in [0.2, 0.25) is 0 Å². The van der Waals surface area contributed by atoms with Gasteiger partial charge in [-0.05, 0) is 36.5 Å². The van der Waals surface area contributed by atoms with E-state index in [-0.39, 0.29) is 11.5 Å². The fourth-order valence-electron chi connectivity index (χ4n) is 2.77. The van der Waals surface area contributed by atoms with Crippen molar-refractivity contribution in [2.45, 2.75) is 39.3 Å². The molecule has 0 fully saturated rings. The first-order valence-corrected chi connectivity index (χ1v) is 7.77. The number of halogens is 1. The second kappa shape index (κ2) is 6.67. The van der Waals surface area contributed by atoms with Crippen LogP contribution in [0, 0.1) is 12.3 Å². The summed E-state index contributed by atoms with van der Waals surface area (Å²) >= 11 is 6.15. The highest BCUT2D eigenvalue weighted by Crippen LogP contribution is 2.37. The van der Waals surface area contributed by atoms with E-state index in [1.54, 1.807) is 12.5 Å². The van der Waals surface area contributed by atoms with Crippen LogP contribution in [0.2, 0.25) is 5.02 Å². The minimum atomic E-state index is -0.600. The molecule has 22 heavy (non-hydrogen) atoms. The van der Waals surface area contributed by atoms with Crippen LogP contribution in [0.4, 0.5) is 0 Å². The maximum Gasteiger partial charge on any atom is 0.0954 e. The van der Waals surface area contributed by atoms with Crippen LogP contribution in [0.15, 0.2) is 49.4 Å². The maximum absolute atomic E-state index is 11.1. The van der Waals surface area contributed by atoms with Gasteiger partial charge in [0.15, 0.2) is 0 Å². The quantitative estimate of drug-likeness (QED) is 0.802. The minimum absolute atomic E-state index is 0.240. The van der Waals surface area contributed by atoms with E-state index in [1.807, 2.05) is 55.7 Å². The molecule has 0 saturated heterocycles. The van der Waals surface area contributed by atoms with Crippen molar-refractivity contribution < 1.29 is 5.11 Å². The van der Waals surface area contributed by atoms with Crippen molar-refractivity contribution in [3.8, 4) is 0 Å². The highest BCUT2D eigenvalue weighted by molar-refractivity contribution is 6.30. The van der Waals surface area contributed by atoms with E-state index in [9.17, 15) is 5.11 Å². The van der Waals surface area contributed by atoms with Crippen molar-refractivity contribution in [3.05, 3.63) is 65.7 Å². The standard InChI is InChI=1S/C18H23ClN2O/c1-5-9-18(3,4)17(22)16(21-12-20-11-13(21)2)14-7-6-8-15(19)10-14/h5-8,10-12,16-17,22H,1,9H2,2-4H3. The topological polar surface area (TPSA) is 38.0 Å². The molecule has 1 aromatic carbocycles. The Hall–Kier alpha value is -1.58. The van der Waals surface area contributed by atoms with E-state index >= 15 is 0 Å². The molecule has 2 atom stereocenters. The normalized spacial score (nSPS) is 14.6. The summed E-state index contributed by atoms with van der Waals surface area (Å²) in [4.78, 5) is 4.20. The highest BCUT2D eigenvalue weighted by Gasteiger charge is 2.35. The Morgan fingerprint density at radius 1 is 1.45 bits per heavy atom. The summed E-state index contributed by atoms with van der Waals surface area (Å²) in [5.74, 6) is 0. The van der Waals surface area contributed by atoms with E-state index in [4.69, 9.17) is 11.6 Å². The highest BCUT2D eigenvalue weighted by atomic mass is 35.5. The van der Waals surface area contributed by atoms with E-state index in [2.05, 4.69) is 11.6 Å². The van der Waals surface area contributed by atoms with Gasteiger partial charge in [0.05, 0.1) is 18.5 Å². The third-order valence-corrected chi connectivity index (χ3v) is 4.35. The maximum atomic E-state index is 11.1. The SMILES string of the molecule is C=CCC(C)(C)C(O)C(c1cccc(Cl)c1)n1cncc1C. The predicted molar refractivity (Wildman–Crippen MR) is 91.2 cm³/mol. The van der Waals surface area contributed by atoms with Crippen LogP contribution in [0.1, 0.15) is 37.6 Å². The third kappa shape index (κ3) is 3.42. The minimum Gasteiger partial charge on any atom is -0.390 e. The number of aliphatic hydroxyl groups is 1. The summed E-state index contributed by atoms with van der Waals surface area (Å²) < 4.78 is 2.00. The van der Waals surface area contributed by atoms with Gasteiger partial charge in [-0.3, -0.25) is 0 Å². The number of hydrogen-bond donors (Lipinski definition) is 1. The van der Waals surface area contributed by atoms with Gasteiger partial charge in [-0.15, -0.1) is 6.58 Å². The Morgan fingerprint density at radius 2 is 2.18 bits per heavy atom. The predicted octanol–water partition coefficient (Wildman–Crippen LogP) is 4.40. The average Bonchev–Trinajstić information content (AvgIpc) is 2.85. The van der Waals surface area contributed by atoms with Crippen LogP contribution in [-0.4, -0.2) is 20.8 Å². The first-order valence-electron chi connectivity index (χ1n) is 7.39. The lowest BCUT2D eigenvalue weighted by Gasteiger charge is -2.37. The second-order valence-corrected chi connectivity index (χ2v) is 6.80. The lowest BCUT2D eigenvalue weighted by molar-refractivity contribution is 0.0197. The zero-order chi connectivity index (χ0) is 16.3.